The first-order chi connectivity index (χ1) is 10.7. The molecule has 4 aromatic rings. The first-order valence-electron chi connectivity index (χ1n) is 6.75. The molecule has 2 aromatic heterocycles. The van der Waals surface area contributed by atoms with Crippen LogP contribution in [0.2, 0.25) is 5.15 Å². The summed E-state index contributed by atoms with van der Waals surface area (Å²) in [4.78, 5) is 7.85. The lowest BCUT2D eigenvalue weighted by Gasteiger charge is -1.94. The van der Waals surface area contributed by atoms with Crippen molar-refractivity contribution in [1.29, 1.82) is 0 Å². The van der Waals surface area contributed by atoms with Gasteiger partial charge in [0.1, 0.15) is 5.15 Å². The van der Waals surface area contributed by atoms with E-state index in [0.717, 1.165) is 16.3 Å². The van der Waals surface area contributed by atoms with Gasteiger partial charge in [0.15, 0.2) is 0 Å². The quantitative estimate of drug-likeness (QED) is 0.414. The molecule has 4 heteroatoms. The molecule has 0 radical (unpaired) electrons. The molecular weight excluding hydrogens is 299 g/mol. The molecule has 108 valence electrons. The van der Waals surface area contributed by atoms with Crippen LogP contribution in [0.4, 0.5) is 4.39 Å². The van der Waals surface area contributed by atoms with E-state index >= 15 is 0 Å². The first kappa shape index (κ1) is 14.4. The molecule has 0 fully saturated rings. The van der Waals surface area contributed by atoms with Gasteiger partial charge in [0.25, 0.3) is 0 Å². The molecule has 0 N–H and O–H groups in total. The molecule has 0 aliphatic heterocycles. The molecule has 2 nitrogen and oxygen atoms in total. The highest BCUT2D eigenvalue weighted by atomic mass is 35.5. The van der Waals surface area contributed by atoms with Crippen LogP contribution in [0, 0.1) is 5.95 Å². The zero-order chi connectivity index (χ0) is 15.4. The van der Waals surface area contributed by atoms with Crippen molar-refractivity contribution in [3.05, 3.63) is 83.9 Å². The Bertz CT molecular complexity index is 847. The van der Waals surface area contributed by atoms with Gasteiger partial charge in [-0.15, -0.1) is 0 Å². The van der Waals surface area contributed by atoms with E-state index in [4.69, 9.17) is 11.6 Å². The Morgan fingerprint density at radius 2 is 1.18 bits per heavy atom. The van der Waals surface area contributed by atoms with E-state index in [1.54, 1.807) is 18.2 Å². The smallest absolute Gasteiger partial charge is 0.213 e. The van der Waals surface area contributed by atoms with Gasteiger partial charge >= 0.3 is 0 Å². The van der Waals surface area contributed by atoms with Crippen molar-refractivity contribution < 1.29 is 4.39 Å². The van der Waals surface area contributed by atoms with Crippen LogP contribution in [-0.4, -0.2) is 9.97 Å². The van der Waals surface area contributed by atoms with Crippen molar-refractivity contribution in [2.24, 2.45) is 0 Å². The van der Waals surface area contributed by atoms with Crippen molar-refractivity contribution in [3.8, 4) is 0 Å². The summed E-state index contributed by atoms with van der Waals surface area (Å²) < 4.78 is 12.5. The Kier molecular flexibility index (Phi) is 4.26. The van der Waals surface area contributed by atoms with Gasteiger partial charge in [-0.2, -0.15) is 4.39 Å². The lowest BCUT2D eigenvalue weighted by molar-refractivity contribution is 0.589. The number of hydrogen-bond donors (Lipinski definition) is 0. The van der Waals surface area contributed by atoms with Gasteiger partial charge in [0.05, 0.1) is 11.0 Å². The standard InChI is InChI=1S/C9H6ClN.C9H6FN/c2*10-9-6-5-7-3-1-2-4-8(7)11-9/h2*1-6H. The third-order valence-corrected chi connectivity index (χ3v) is 3.34. The fourth-order valence-corrected chi connectivity index (χ4v) is 2.24. The van der Waals surface area contributed by atoms with Crippen molar-refractivity contribution >= 4 is 33.4 Å². The molecule has 2 aromatic carbocycles. The average Bonchev–Trinajstić information content (AvgIpc) is 2.55. The monoisotopic (exact) mass is 310 g/mol. The Morgan fingerprint density at radius 3 is 1.86 bits per heavy atom. The highest BCUT2D eigenvalue weighted by Crippen LogP contribution is 2.14. The summed E-state index contributed by atoms with van der Waals surface area (Å²) in [5.74, 6) is -0.427. The minimum Gasteiger partial charge on any atom is -0.236 e. The summed E-state index contributed by atoms with van der Waals surface area (Å²) in [5.41, 5.74) is 1.65. The largest absolute Gasteiger partial charge is 0.236 e. The Morgan fingerprint density at radius 1 is 0.636 bits per heavy atom. The Labute approximate surface area is 132 Å². The summed E-state index contributed by atoms with van der Waals surface area (Å²) in [7, 11) is 0. The number of nitrogens with zero attached hydrogens (tertiary/aromatic N) is 2. The maximum absolute atomic E-state index is 12.5. The fourth-order valence-electron chi connectivity index (χ4n) is 2.08. The second-order valence-electron chi connectivity index (χ2n) is 4.65. The van der Waals surface area contributed by atoms with E-state index in [-0.39, 0.29) is 0 Å². The fraction of sp³-hybridized carbons (Fsp3) is 0. The van der Waals surface area contributed by atoms with E-state index in [1.165, 1.54) is 6.07 Å². The SMILES string of the molecule is Clc1ccc2ccccc2n1.Fc1ccc2ccccc2n1. The van der Waals surface area contributed by atoms with E-state index in [0.29, 0.717) is 10.7 Å². The van der Waals surface area contributed by atoms with Gasteiger partial charge in [-0.1, -0.05) is 48.0 Å². The van der Waals surface area contributed by atoms with Crippen LogP contribution >= 0.6 is 11.6 Å². The minimum absolute atomic E-state index is 0.427. The Hall–Kier alpha value is -2.52. The number of hydrogen-bond acceptors (Lipinski definition) is 2. The molecule has 0 amide bonds. The number of rotatable bonds is 0. The molecule has 0 bridgehead atoms. The van der Waals surface area contributed by atoms with Crippen molar-refractivity contribution in [2.45, 2.75) is 0 Å². The lowest BCUT2D eigenvalue weighted by Crippen LogP contribution is -1.81. The Balaban J connectivity index is 0.000000131. The minimum atomic E-state index is -0.427. The highest BCUT2D eigenvalue weighted by molar-refractivity contribution is 6.29. The molecule has 0 saturated heterocycles. The zero-order valence-corrected chi connectivity index (χ0v) is 12.3. The summed E-state index contributed by atoms with van der Waals surface area (Å²) in [6.07, 6.45) is 0. The zero-order valence-electron chi connectivity index (χ0n) is 11.6. The number of benzene rings is 2. The molecule has 0 aliphatic carbocycles. The molecule has 22 heavy (non-hydrogen) atoms. The first-order valence-corrected chi connectivity index (χ1v) is 7.13. The molecular formula is C18H12ClFN2. The van der Waals surface area contributed by atoms with Crippen molar-refractivity contribution in [3.63, 3.8) is 0 Å². The van der Waals surface area contributed by atoms with Crippen LogP contribution in [0.3, 0.4) is 0 Å². The van der Waals surface area contributed by atoms with E-state index in [2.05, 4.69) is 9.97 Å². The number of aromatic nitrogens is 2. The van der Waals surface area contributed by atoms with Crippen LogP contribution in [-0.2, 0) is 0 Å². The molecule has 4 rings (SSSR count). The number of fused-ring (bicyclic) bond motifs is 2. The van der Waals surface area contributed by atoms with Crippen molar-refractivity contribution in [1.82, 2.24) is 9.97 Å². The molecule has 0 unspecified atom stereocenters. The van der Waals surface area contributed by atoms with Gasteiger partial charge in [-0.05, 0) is 36.4 Å². The summed E-state index contributed by atoms with van der Waals surface area (Å²) >= 11 is 5.71. The molecule has 0 spiro atoms. The average molecular weight is 311 g/mol. The third kappa shape index (κ3) is 3.38. The summed E-state index contributed by atoms with van der Waals surface area (Å²) in [6.45, 7) is 0. The van der Waals surface area contributed by atoms with Crippen LogP contribution in [0.25, 0.3) is 21.8 Å². The second kappa shape index (κ2) is 6.50. The van der Waals surface area contributed by atoms with Crippen LogP contribution < -0.4 is 0 Å². The maximum Gasteiger partial charge on any atom is 0.213 e. The predicted octanol–water partition coefficient (Wildman–Crippen LogP) is 5.26. The predicted molar refractivity (Wildman–Crippen MR) is 88.5 cm³/mol. The molecule has 0 saturated carbocycles. The van der Waals surface area contributed by atoms with Gasteiger partial charge < -0.3 is 0 Å². The normalized spacial score (nSPS) is 10.3. The van der Waals surface area contributed by atoms with Gasteiger partial charge in [0.2, 0.25) is 5.95 Å². The van der Waals surface area contributed by atoms with Crippen LogP contribution in [0.5, 0.6) is 0 Å². The molecule has 0 aliphatic rings. The lowest BCUT2D eigenvalue weighted by atomic mass is 10.2. The van der Waals surface area contributed by atoms with E-state index < -0.39 is 5.95 Å². The summed E-state index contributed by atoms with van der Waals surface area (Å²) in [5, 5.41) is 2.63. The van der Waals surface area contributed by atoms with Gasteiger partial charge in [-0.3, -0.25) is 0 Å². The van der Waals surface area contributed by atoms with Crippen molar-refractivity contribution in [2.75, 3.05) is 0 Å². The highest BCUT2D eigenvalue weighted by Gasteiger charge is 1.94. The molecule has 0 atom stereocenters. The van der Waals surface area contributed by atoms with Gasteiger partial charge in [-0.25, -0.2) is 9.97 Å². The van der Waals surface area contributed by atoms with E-state index in [9.17, 15) is 4.39 Å². The van der Waals surface area contributed by atoms with Crippen LogP contribution in [0.15, 0.2) is 72.8 Å². The topological polar surface area (TPSA) is 25.8 Å². The number of halogens is 2. The summed E-state index contributed by atoms with van der Waals surface area (Å²) in [6, 6.07) is 22.2. The maximum atomic E-state index is 12.5. The van der Waals surface area contributed by atoms with Crippen LogP contribution in [0.1, 0.15) is 0 Å². The second-order valence-corrected chi connectivity index (χ2v) is 5.04. The molecule has 2 heterocycles. The van der Waals surface area contributed by atoms with E-state index in [1.807, 2.05) is 48.5 Å². The third-order valence-electron chi connectivity index (χ3n) is 3.13. The number of para-hydroxylation sites is 2. The number of pyridine rings is 2. The van der Waals surface area contributed by atoms with Gasteiger partial charge in [0, 0.05) is 10.8 Å².